The molecule has 3 nitrogen and oxygen atoms in total. The highest BCUT2D eigenvalue weighted by Gasteiger charge is 2.21. The van der Waals surface area contributed by atoms with Crippen LogP contribution in [0.5, 0.6) is 0 Å². The Morgan fingerprint density at radius 1 is 1.38 bits per heavy atom. The molecule has 4 heteroatoms. The minimum absolute atomic E-state index is 0. The fourth-order valence-electron chi connectivity index (χ4n) is 2.95. The van der Waals surface area contributed by atoms with Crippen LogP contribution in [-0.2, 0) is 11.2 Å². The molecule has 21 heavy (non-hydrogen) atoms. The lowest BCUT2D eigenvalue weighted by atomic mass is 9.84. The molecule has 1 aliphatic heterocycles. The van der Waals surface area contributed by atoms with Crippen LogP contribution in [0, 0.1) is 11.8 Å². The molecule has 0 spiro atoms. The zero-order valence-electron chi connectivity index (χ0n) is 13.0. The maximum atomic E-state index is 12.1. The fourth-order valence-corrected chi connectivity index (χ4v) is 2.95. The van der Waals surface area contributed by atoms with E-state index >= 15 is 0 Å². The van der Waals surface area contributed by atoms with Crippen LogP contribution in [0.1, 0.15) is 38.7 Å². The predicted molar refractivity (Wildman–Crippen MR) is 91.1 cm³/mol. The lowest BCUT2D eigenvalue weighted by Gasteiger charge is -2.27. The number of anilines is 1. The van der Waals surface area contributed by atoms with Crippen LogP contribution < -0.4 is 10.6 Å². The smallest absolute Gasteiger partial charge is 0.224 e. The van der Waals surface area contributed by atoms with E-state index in [-0.39, 0.29) is 18.3 Å². The highest BCUT2D eigenvalue weighted by Crippen LogP contribution is 2.24. The molecule has 118 valence electrons. The Morgan fingerprint density at radius 2 is 2.10 bits per heavy atom. The van der Waals surface area contributed by atoms with Crippen molar-refractivity contribution in [1.29, 1.82) is 0 Å². The van der Waals surface area contributed by atoms with Crippen LogP contribution in [0.3, 0.4) is 0 Å². The lowest BCUT2D eigenvalue weighted by molar-refractivity contribution is -0.117. The molecular formula is C17H27ClN2O. The first-order valence-electron chi connectivity index (χ1n) is 7.78. The van der Waals surface area contributed by atoms with Gasteiger partial charge in [-0.1, -0.05) is 26.0 Å². The standard InChI is InChI=1S/C17H26N2O.ClH/c1-3-14-5-4-6-16(12-14)19-17(20)11-13(2)15-7-9-18-10-8-15;/h4-6,12-13,15,18H,3,7-11H2,1-2H3,(H,19,20);1H. The molecule has 1 fully saturated rings. The normalized spacial score (nSPS) is 16.9. The number of piperidine rings is 1. The Morgan fingerprint density at radius 3 is 2.76 bits per heavy atom. The fraction of sp³-hybridized carbons (Fsp3) is 0.588. The van der Waals surface area contributed by atoms with Crippen LogP contribution in [-0.4, -0.2) is 19.0 Å². The Kier molecular flexibility index (Phi) is 7.76. The van der Waals surface area contributed by atoms with Crippen LogP contribution >= 0.6 is 12.4 Å². The molecule has 1 heterocycles. The number of hydrogen-bond acceptors (Lipinski definition) is 2. The number of halogens is 1. The van der Waals surface area contributed by atoms with Gasteiger partial charge in [0.25, 0.3) is 0 Å². The zero-order chi connectivity index (χ0) is 14.4. The third-order valence-electron chi connectivity index (χ3n) is 4.31. The predicted octanol–water partition coefficient (Wildman–Crippen LogP) is 3.64. The molecule has 0 saturated carbocycles. The molecule has 1 saturated heterocycles. The first-order chi connectivity index (χ1) is 9.69. The van der Waals surface area contributed by atoms with Gasteiger partial charge in [0.05, 0.1) is 0 Å². The Bertz CT molecular complexity index is 444. The number of nitrogens with one attached hydrogen (secondary N) is 2. The van der Waals surface area contributed by atoms with Gasteiger partial charge in [0.1, 0.15) is 0 Å². The summed E-state index contributed by atoms with van der Waals surface area (Å²) in [5.41, 5.74) is 2.18. The second-order valence-electron chi connectivity index (χ2n) is 5.87. The first kappa shape index (κ1) is 18.0. The maximum absolute atomic E-state index is 12.1. The van der Waals surface area contributed by atoms with Gasteiger partial charge >= 0.3 is 0 Å². The maximum Gasteiger partial charge on any atom is 0.224 e. The van der Waals surface area contributed by atoms with Crippen molar-refractivity contribution in [2.24, 2.45) is 11.8 Å². The third-order valence-corrected chi connectivity index (χ3v) is 4.31. The van der Waals surface area contributed by atoms with Gasteiger partial charge in [0.2, 0.25) is 5.91 Å². The second kappa shape index (κ2) is 9.06. The van der Waals surface area contributed by atoms with E-state index < -0.39 is 0 Å². The molecule has 2 N–H and O–H groups in total. The number of rotatable bonds is 5. The monoisotopic (exact) mass is 310 g/mol. The molecule has 0 aromatic heterocycles. The molecule has 1 aromatic rings. The second-order valence-corrected chi connectivity index (χ2v) is 5.87. The van der Waals surface area contributed by atoms with Crippen molar-refractivity contribution in [3.8, 4) is 0 Å². The molecule has 2 rings (SSSR count). The molecule has 0 radical (unpaired) electrons. The van der Waals surface area contributed by atoms with Gasteiger partial charge in [-0.3, -0.25) is 4.79 Å². The highest BCUT2D eigenvalue weighted by molar-refractivity contribution is 5.90. The molecule has 0 aliphatic carbocycles. The van der Waals surface area contributed by atoms with Crippen LogP contribution in [0.2, 0.25) is 0 Å². The van der Waals surface area contributed by atoms with Crippen LogP contribution in [0.15, 0.2) is 24.3 Å². The van der Waals surface area contributed by atoms with Crippen molar-refractivity contribution >= 4 is 24.0 Å². The van der Waals surface area contributed by atoms with E-state index in [0.717, 1.165) is 25.2 Å². The lowest BCUT2D eigenvalue weighted by Crippen LogP contribution is -2.32. The SMILES string of the molecule is CCc1cccc(NC(=O)CC(C)C2CCNCC2)c1.Cl. The molecule has 1 amide bonds. The third kappa shape index (κ3) is 5.68. The summed E-state index contributed by atoms with van der Waals surface area (Å²) in [6.45, 7) is 6.52. The number of hydrogen-bond donors (Lipinski definition) is 2. The van der Waals surface area contributed by atoms with Crippen LogP contribution in [0.25, 0.3) is 0 Å². The quantitative estimate of drug-likeness (QED) is 0.872. The molecule has 1 unspecified atom stereocenters. The van der Waals surface area contributed by atoms with Gasteiger partial charge in [-0.05, 0) is 61.9 Å². The van der Waals surface area contributed by atoms with E-state index in [1.165, 1.54) is 18.4 Å². The molecular weight excluding hydrogens is 284 g/mol. The van der Waals surface area contributed by atoms with Crippen LogP contribution in [0.4, 0.5) is 5.69 Å². The number of carbonyl (C=O) groups is 1. The number of benzene rings is 1. The largest absolute Gasteiger partial charge is 0.326 e. The molecule has 1 atom stereocenters. The van der Waals surface area contributed by atoms with Crippen molar-refractivity contribution in [2.75, 3.05) is 18.4 Å². The summed E-state index contributed by atoms with van der Waals surface area (Å²) in [5, 5.41) is 6.41. The average molecular weight is 311 g/mol. The van der Waals surface area contributed by atoms with Crippen molar-refractivity contribution < 1.29 is 4.79 Å². The first-order valence-corrected chi connectivity index (χ1v) is 7.78. The summed E-state index contributed by atoms with van der Waals surface area (Å²) in [7, 11) is 0. The van der Waals surface area contributed by atoms with Crippen molar-refractivity contribution in [3.63, 3.8) is 0 Å². The van der Waals surface area contributed by atoms with Gasteiger partial charge in [-0.2, -0.15) is 0 Å². The summed E-state index contributed by atoms with van der Waals surface area (Å²) in [4.78, 5) is 12.1. The molecule has 0 bridgehead atoms. The van der Waals surface area contributed by atoms with Gasteiger partial charge in [-0.15, -0.1) is 12.4 Å². The minimum Gasteiger partial charge on any atom is -0.326 e. The van der Waals surface area contributed by atoms with E-state index in [4.69, 9.17) is 0 Å². The Hall–Kier alpha value is -1.06. The van der Waals surface area contributed by atoms with Gasteiger partial charge in [0.15, 0.2) is 0 Å². The van der Waals surface area contributed by atoms with Crippen molar-refractivity contribution in [2.45, 2.75) is 39.5 Å². The number of aryl methyl sites for hydroxylation is 1. The summed E-state index contributed by atoms with van der Waals surface area (Å²) in [6.07, 6.45) is 4.01. The van der Waals surface area contributed by atoms with E-state index in [0.29, 0.717) is 18.3 Å². The average Bonchev–Trinajstić information content (AvgIpc) is 2.48. The van der Waals surface area contributed by atoms with Gasteiger partial charge in [0, 0.05) is 12.1 Å². The van der Waals surface area contributed by atoms with E-state index in [9.17, 15) is 4.79 Å². The van der Waals surface area contributed by atoms with Crippen molar-refractivity contribution in [3.05, 3.63) is 29.8 Å². The zero-order valence-corrected chi connectivity index (χ0v) is 13.8. The van der Waals surface area contributed by atoms with Gasteiger partial charge < -0.3 is 10.6 Å². The topological polar surface area (TPSA) is 41.1 Å². The van der Waals surface area contributed by atoms with E-state index in [1.807, 2.05) is 12.1 Å². The van der Waals surface area contributed by atoms with E-state index in [2.05, 4.69) is 36.6 Å². The summed E-state index contributed by atoms with van der Waals surface area (Å²) in [5.74, 6) is 1.29. The molecule has 1 aliphatic rings. The molecule has 1 aromatic carbocycles. The summed E-state index contributed by atoms with van der Waals surface area (Å²) < 4.78 is 0. The Labute approximate surface area is 134 Å². The number of amides is 1. The van der Waals surface area contributed by atoms with E-state index in [1.54, 1.807) is 0 Å². The summed E-state index contributed by atoms with van der Waals surface area (Å²) >= 11 is 0. The summed E-state index contributed by atoms with van der Waals surface area (Å²) in [6, 6.07) is 8.12. The Balaban J connectivity index is 0.00000220. The van der Waals surface area contributed by atoms with Gasteiger partial charge in [-0.25, -0.2) is 0 Å². The minimum atomic E-state index is 0. The van der Waals surface area contributed by atoms with Crippen molar-refractivity contribution in [1.82, 2.24) is 5.32 Å². The number of carbonyl (C=O) groups excluding carboxylic acids is 1. The highest BCUT2D eigenvalue weighted by atomic mass is 35.5.